The highest BCUT2D eigenvalue weighted by Crippen LogP contribution is 2.30. The average Bonchev–Trinajstić information content (AvgIpc) is 2.40. The first-order valence-electron chi connectivity index (χ1n) is 6.95. The van der Waals surface area contributed by atoms with E-state index in [1.807, 2.05) is 7.05 Å². The second kappa shape index (κ2) is 5.99. The van der Waals surface area contributed by atoms with Gasteiger partial charge in [0.05, 0.1) is 6.04 Å². The molecule has 0 bridgehead atoms. The second-order valence-electron chi connectivity index (χ2n) is 5.54. The summed E-state index contributed by atoms with van der Waals surface area (Å²) < 4.78 is 0. The van der Waals surface area contributed by atoms with Gasteiger partial charge in [0.1, 0.15) is 0 Å². The quantitative estimate of drug-likeness (QED) is 0.848. The molecule has 1 unspecified atom stereocenters. The van der Waals surface area contributed by atoms with Crippen LogP contribution in [0.4, 0.5) is 0 Å². The molecule has 2 aromatic carbocycles. The Morgan fingerprint density at radius 1 is 0.850 bits per heavy atom. The molecule has 2 heteroatoms. The molecule has 1 nitrogen and oxygen atoms in total. The molecule has 0 aliphatic rings. The fraction of sp³-hybridized carbons (Fsp3) is 0.333. The Bertz CT molecular complexity index is 632. The van der Waals surface area contributed by atoms with Crippen LogP contribution in [0.3, 0.4) is 0 Å². The summed E-state index contributed by atoms with van der Waals surface area (Å²) in [5.41, 5.74) is 7.57. The summed E-state index contributed by atoms with van der Waals surface area (Å²) >= 11 is 6.22. The van der Waals surface area contributed by atoms with Gasteiger partial charge >= 0.3 is 0 Å². The topological polar surface area (TPSA) is 12.0 Å². The number of halogens is 1. The van der Waals surface area contributed by atoms with Gasteiger partial charge < -0.3 is 5.32 Å². The molecule has 0 saturated heterocycles. The summed E-state index contributed by atoms with van der Waals surface area (Å²) in [6, 6.07) is 11.1. The Balaban J connectivity index is 2.58. The van der Waals surface area contributed by atoms with Crippen molar-refractivity contribution in [2.24, 2.45) is 0 Å². The molecule has 20 heavy (non-hydrogen) atoms. The molecular weight excluding hydrogens is 266 g/mol. The Labute approximate surface area is 127 Å². The van der Waals surface area contributed by atoms with Crippen LogP contribution in [0, 0.1) is 27.7 Å². The van der Waals surface area contributed by atoms with Gasteiger partial charge in [-0.05, 0) is 68.6 Å². The maximum absolute atomic E-state index is 6.22. The van der Waals surface area contributed by atoms with Crippen molar-refractivity contribution in [3.05, 3.63) is 68.7 Å². The fourth-order valence-electron chi connectivity index (χ4n) is 2.66. The molecule has 0 amide bonds. The number of rotatable bonds is 3. The summed E-state index contributed by atoms with van der Waals surface area (Å²) in [4.78, 5) is 0. The summed E-state index contributed by atoms with van der Waals surface area (Å²) in [6.45, 7) is 8.48. The van der Waals surface area contributed by atoms with E-state index in [2.05, 4.69) is 63.3 Å². The van der Waals surface area contributed by atoms with Crippen LogP contribution in [-0.2, 0) is 0 Å². The molecule has 1 N–H and O–H groups in total. The molecule has 1 atom stereocenters. The van der Waals surface area contributed by atoms with Crippen molar-refractivity contribution < 1.29 is 0 Å². The minimum atomic E-state index is 0.200. The van der Waals surface area contributed by atoms with Gasteiger partial charge in [0.15, 0.2) is 0 Å². The standard InChI is InChI=1S/C18H22ClN/c1-11-6-7-12(2)15(8-11)18(20-5)16-9-14(4)17(19)10-13(16)3/h6-10,18,20H,1-5H3. The van der Waals surface area contributed by atoms with E-state index in [1.54, 1.807) is 0 Å². The summed E-state index contributed by atoms with van der Waals surface area (Å²) in [6.07, 6.45) is 0. The predicted octanol–water partition coefficient (Wildman–Crippen LogP) is 4.88. The van der Waals surface area contributed by atoms with Gasteiger partial charge in [-0.1, -0.05) is 41.4 Å². The molecule has 0 aromatic heterocycles. The van der Waals surface area contributed by atoms with Crippen molar-refractivity contribution in [2.45, 2.75) is 33.7 Å². The van der Waals surface area contributed by atoms with E-state index in [0.717, 1.165) is 10.6 Å². The lowest BCUT2D eigenvalue weighted by Crippen LogP contribution is -2.20. The Morgan fingerprint density at radius 3 is 2.15 bits per heavy atom. The zero-order chi connectivity index (χ0) is 14.9. The minimum absolute atomic E-state index is 0.200. The molecule has 0 radical (unpaired) electrons. The monoisotopic (exact) mass is 287 g/mol. The number of benzene rings is 2. The van der Waals surface area contributed by atoms with Crippen LogP contribution in [0.1, 0.15) is 39.4 Å². The fourth-order valence-corrected chi connectivity index (χ4v) is 2.88. The van der Waals surface area contributed by atoms with E-state index >= 15 is 0 Å². The van der Waals surface area contributed by atoms with Gasteiger partial charge in [0, 0.05) is 5.02 Å². The number of hydrogen-bond donors (Lipinski definition) is 1. The first kappa shape index (κ1) is 15.1. The highest BCUT2D eigenvalue weighted by atomic mass is 35.5. The molecule has 0 saturated carbocycles. The molecule has 0 heterocycles. The summed E-state index contributed by atoms with van der Waals surface area (Å²) in [5, 5.41) is 4.28. The van der Waals surface area contributed by atoms with Crippen LogP contribution >= 0.6 is 11.6 Å². The van der Waals surface area contributed by atoms with Crippen molar-refractivity contribution in [3.8, 4) is 0 Å². The van der Waals surface area contributed by atoms with E-state index in [4.69, 9.17) is 11.6 Å². The largest absolute Gasteiger partial charge is 0.309 e. The van der Waals surface area contributed by atoms with Crippen LogP contribution < -0.4 is 5.32 Å². The molecule has 2 rings (SSSR count). The zero-order valence-electron chi connectivity index (χ0n) is 12.8. The zero-order valence-corrected chi connectivity index (χ0v) is 13.6. The Morgan fingerprint density at radius 2 is 1.50 bits per heavy atom. The van der Waals surface area contributed by atoms with E-state index in [0.29, 0.717) is 0 Å². The van der Waals surface area contributed by atoms with Crippen LogP contribution in [0.5, 0.6) is 0 Å². The van der Waals surface area contributed by atoms with Crippen LogP contribution in [-0.4, -0.2) is 7.05 Å². The molecule has 2 aromatic rings. The van der Waals surface area contributed by atoms with Gasteiger partial charge in [-0.25, -0.2) is 0 Å². The van der Waals surface area contributed by atoms with Gasteiger partial charge in [-0.2, -0.15) is 0 Å². The van der Waals surface area contributed by atoms with E-state index < -0.39 is 0 Å². The van der Waals surface area contributed by atoms with Gasteiger partial charge in [-0.3, -0.25) is 0 Å². The molecule has 0 aliphatic carbocycles. The highest BCUT2D eigenvalue weighted by molar-refractivity contribution is 6.31. The third-order valence-corrected chi connectivity index (χ3v) is 4.30. The van der Waals surface area contributed by atoms with Crippen LogP contribution in [0.2, 0.25) is 5.02 Å². The Hall–Kier alpha value is -1.31. The molecule has 0 aliphatic heterocycles. The van der Waals surface area contributed by atoms with Crippen LogP contribution in [0.25, 0.3) is 0 Å². The predicted molar refractivity (Wildman–Crippen MR) is 87.7 cm³/mol. The normalized spacial score (nSPS) is 12.5. The van der Waals surface area contributed by atoms with Crippen molar-refractivity contribution in [1.82, 2.24) is 5.32 Å². The highest BCUT2D eigenvalue weighted by Gasteiger charge is 2.17. The minimum Gasteiger partial charge on any atom is -0.309 e. The van der Waals surface area contributed by atoms with E-state index in [-0.39, 0.29) is 6.04 Å². The Kier molecular flexibility index (Phi) is 4.52. The molecular formula is C18H22ClN. The van der Waals surface area contributed by atoms with Crippen molar-refractivity contribution in [3.63, 3.8) is 0 Å². The van der Waals surface area contributed by atoms with Crippen molar-refractivity contribution in [2.75, 3.05) is 7.05 Å². The van der Waals surface area contributed by atoms with Crippen molar-refractivity contribution in [1.29, 1.82) is 0 Å². The molecule has 0 spiro atoms. The van der Waals surface area contributed by atoms with E-state index in [9.17, 15) is 0 Å². The molecule has 106 valence electrons. The SMILES string of the molecule is CNC(c1cc(C)ccc1C)c1cc(C)c(Cl)cc1C. The lowest BCUT2D eigenvalue weighted by Gasteiger charge is -2.23. The summed E-state index contributed by atoms with van der Waals surface area (Å²) in [5.74, 6) is 0. The smallest absolute Gasteiger partial charge is 0.0579 e. The average molecular weight is 288 g/mol. The lowest BCUT2D eigenvalue weighted by molar-refractivity contribution is 0.682. The van der Waals surface area contributed by atoms with Gasteiger partial charge in [0.25, 0.3) is 0 Å². The third-order valence-electron chi connectivity index (χ3n) is 3.89. The number of aryl methyl sites for hydroxylation is 4. The van der Waals surface area contributed by atoms with Gasteiger partial charge in [-0.15, -0.1) is 0 Å². The number of nitrogens with one attached hydrogen (secondary N) is 1. The maximum Gasteiger partial charge on any atom is 0.0579 e. The van der Waals surface area contributed by atoms with E-state index in [1.165, 1.54) is 27.8 Å². The second-order valence-corrected chi connectivity index (χ2v) is 5.95. The van der Waals surface area contributed by atoms with Gasteiger partial charge in [0.2, 0.25) is 0 Å². The maximum atomic E-state index is 6.22. The first-order chi connectivity index (χ1) is 9.43. The third kappa shape index (κ3) is 2.89. The lowest BCUT2D eigenvalue weighted by atomic mass is 9.90. The molecule has 0 fully saturated rings. The summed E-state index contributed by atoms with van der Waals surface area (Å²) in [7, 11) is 2.01. The van der Waals surface area contributed by atoms with Crippen molar-refractivity contribution >= 4 is 11.6 Å². The van der Waals surface area contributed by atoms with Crippen LogP contribution in [0.15, 0.2) is 30.3 Å². The first-order valence-corrected chi connectivity index (χ1v) is 7.33. The number of hydrogen-bond acceptors (Lipinski definition) is 1.